The molecule has 0 saturated carbocycles. The molecule has 0 aliphatic heterocycles. The number of esters is 1. The lowest BCUT2D eigenvalue weighted by atomic mass is 10.1. The first-order valence-corrected chi connectivity index (χ1v) is 6.80. The summed E-state index contributed by atoms with van der Waals surface area (Å²) < 4.78 is 10.6. The Kier molecular flexibility index (Phi) is 6.75. The lowest BCUT2D eigenvalue weighted by Crippen LogP contribution is -2.24. The van der Waals surface area contributed by atoms with Crippen molar-refractivity contribution < 1.29 is 14.3 Å². The zero-order chi connectivity index (χ0) is 15.0. The number of hydrogen-bond acceptors (Lipinski definition) is 4. The van der Waals surface area contributed by atoms with Crippen LogP contribution in [0.25, 0.3) is 0 Å². The number of nitriles is 1. The Labute approximate surface area is 120 Å². The molecule has 1 rings (SSSR count). The summed E-state index contributed by atoms with van der Waals surface area (Å²) >= 11 is 0. The monoisotopic (exact) mass is 275 g/mol. The third-order valence-corrected chi connectivity index (χ3v) is 2.90. The molecule has 0 bridgehead atoms. The first kappa shape index (κ1) is 16.2. The molecule has 4 nitrogen and oxygen atoms in total. The van der Waals surface area contributed by atoms with Gasteiger partial charge in [-0.3, -0.25) is 0 Å². The molecule has 1 atom stereocenters. The van der Waals surface area contributed by atoms with Gasteiger partial charge in [-0.05, 0) is 25.3 Å². The van der Waals surface area contributed by atoms with Gasteiger partial charge >= 0.3 is 5.97 Å². The Hall–Kier alpha value is -1.86. The zero-order valence-corrected chi connectivity index (χ0v) is 12.3. The van der Waals surface area contributed by atoms with E-state index in [4.69, 9.17) is 14.7 Å². The van der Waals surface area contributed by atoms with Gasteiger partial charge < -0.3 is 9.47 Å². The van der Waals surface area contributed by atoms with Crippen LogP contribution in [0, 0.1) is 17.2 Å². The average molecular weight is 275 g/mol. The van der Waals surface area contributed by atoms with E-state index in [2.05, 4.69) is 19.9 Å². The van der Waals surface area contributed by atoms with Crippen molar-refractivity contribution in [3.05, 3.63) is 35.4 Å². The molecular formula is C16H21NO3. The fourth-order valence-corrected chi connectivity index (χ4v) is 1.57. The molecule has 0 heterocycles. The van der Waals surface area contributed by atoms with Crippen molar-refractivity contribution in [2.45, 2.75) is 39.9 Å². The van der Waals surface area contributed by atoms with Gasteiger partial charge in [-0.15, -0.1) is 0 Å². The highest BCUT2D eigenvalue weighted by Crippen LogP contribution is 2.10. The van der Waals surface area contributed by atoms with E-state index in [0.717, 1.165) is 6.42 Å². The van der Waals surface area contributed by atoms with Crippen LogP contribution in [-0.4, -0.2) is 18.7 Å². The summed E-state index contributed by atoms with van der Waals surface area (Å²) in [5.41, 5.74) is 1.23. The number of carbonyl (C=O) groups excluding carboxylic acids is 1. The van der Waals surface area contributed by atoms with Gasteiger partial charge in [0.25, 0.3) is 0 Å². The van der Waals surface area contributed by atoms with Crippen molar-refractivity contribution in [2.24, 2.45) is 5.92 Å². The Morgan fingerprint density at radius 3 is 2.65 bits per heavy atom. The molecule has 0 amide bonds. The summed E-state index contributed by atoms with van der Waals surface area (Å²) in [6.07, 6.45) is 0.331. The minimum absolute atomic E-state index is 0.0977. The van der Waals surface area contributed by atoms with Gasteiger partial charge in [-0.25, -0.2) is 4.79 Å². The van der Waals surface area contributed by atoms with E-state index < -0.39 is 12.1 Å². The van der Waals surface area contributed by atoms with Crippen LogP contribution >= 0.6 is 0 Å². The molecule has 0 aliphatic rings. The van der Waals surface area contributed by atoms with Crippen LogP contribution in [0.2, 0.25) is 0 Å². The molecule has 0 aromatic heterocycles. The fourth-order valence-electron chi connectivity index (χ4n) is 1.57. The Balaban J connectivity index is 2.41. The van der Waals surface area contributed by atoms with E-state index in [0.29, 0.717) is 23.7 Å². The molecule has 0 fully saturated rings. The molecule has 0 saturated heterocycles. The maximum Gasteiger partial charge on any atom is 0.335 e. The van der Waals surface area contributed by atoms with Gasteiger partial charge in [0.2, 0.25) is 0 Å². The molecule has 1 unspecified atom stereocenters. The largest absolute Gasteiger partial charge is 0.459 e. The third-order valence-electron chi connectivity index (χ3n) is 2.90. The highest BCUT2D eigenvalue weighted by Gasteiger charge is 2.15. The van der Waals surface area contributed by atoms with Crippen LogP contribution < -0.4 is 0 Å². The van der Waals surface area contributed by atoms with Crippen molar-refractivity contribution in [2.75, 3.05) is 6.61 Å². The third kappa shape index (κ3) is 5.41. The van der Waals surface area contributed by atoms with E-state index in [1.165, 1.54) is 0 Å². The van der Waals surface area contributed by atoms with Gasteiger partial charge in [-0.2, -0.15) is 5.26 Å². The molecule has 108 valence electrons. The van der Waals surface area contributed by atoms with Crippen LogP contribution in [-0.2, 0) is 20.9 Å². The Morgan fingerprint density at radius 1 is 1.30 bits per heavy atom. The van der Waals surface area contributed by atoms with E-state index in [1.54, 1.807) is 25.1 Å². The number of benzene rings is 1. The van der Waals surface area contributed by atoms with Gasteiger partial charge in [0.1, 0.15) is 6.61 Å². The van der Waals surface area contributed by atoms with Crippen molar-refractivity contribution in [1.29, 1.82) is 5.26 Å². The van der Waals surface area contributed by atoms with E-state index in [9.17, 15) is 4.79 Å². The second kappa shape index (κ2) is 8.34. The molecule has 1 aromatic carbocycles. The summed E-state index contributed by atoms with van der Waals surface area (Å²) in [6, 6.07) is 9.14. The van der Waals surface area contributed by atoms with Crippen molar-refractivity contribution in [3.63, 3.8) is 0 Å². The molecule has 1 aromatic rings. The number of rotatable bonds is 7. The first-order chi connectivity index (χ1) is 9.54. The standard InChI is InChI=1S/C16H21NO3/c1-12(2)8-9-19-13(3)16(18)20-11-15-7-5-4-6-14(15)10-17/h4-7,12-13H,8-9,11H2,1-3H3. The van der Waals surface area contributed by atoms with Crippen molar-refractivity contribution in [3.8, 4) is 6.07 Å². The molecule has 4 heteroatoms. The summed E-state index contributed by atoms with van der Waals surface area (Å²) in [5, 5.41) is 8.95. The molecule has 0 aliphatic carbocycles. The van der Waals surface area contributed by atoms with E-state index >= 15 is 0 Å². The lowest BCUT2D eigenvalue weighted by molar-refractivity contribution is -0.157. The molecule has 20 heavy (non-hydrogen) atoms. The molecule has 0 spiro atoms. The average Bonchev–Trinajstić information content (AvgIpc) is 2.44. The molecule has 0 N–H and O–H groups in total. The van der Waals surface area contributed by atoms with Gasteiger partial charge in [-0.1, -0.05) is 32.0 Å². The van der Waals surface area contributed by atoms with Gasteiger partial charge in [0.15, 0.2) is 6.10 Å². The summed E-state index contributed by atoms with van der Waals surface area (Å²) in [7, 11) is 0. The zero-order valence-electron chi connectivity index (χ0n) is 12.3. The number of hydrogen-bond donors (Lipinski definition) is 0. The SMILES string of the molecule is CC(C)CCOC(C)C(=O)OCc1ccccc1C#N. The lowest BCUT2D eigenvalue weighted by Gasteiger charge is -2.13. The van der Waals surface area contributed by atoms with Crippen LogP contribution in [0.3, 0.4) is 0 Å². The quantitative estimate of drug-likeness (QED) is 0.718. The van der Waals surface area contributed by atoms with E-state index in [1.807, 2.05) is 6.07 Å². The highest BCUT2D eigenvalue weighted by atomic mass is 16.6. The maximum atomic E-state index is 11.8. The van der Waals surface area contributed by atoms with E-state index in [-0.39, 0.29) is 6.61 Å². The second-order valence-electron chi connectivity index (χ2n) is 5.07. The predicted molar refractivity (Wildman–Crippen MR) is 75.8 cm³/mol. The minimum Gasteiger partial charge on any atom is -0.459 e. The normalized spacial score (nSPS) is 11.9. The van der Waals surface area contributed by atoms with Gasteiger partial charge in [0.05, 0.1) is 11.6 Å². The van der Waals surface area contributed by atoms with Crippen molar-refractivity contribution >= 4 is 5.97 Å². The topological polar surface area (TPSA) is 59.3 Å². The summed E-state index contributed by atoms with van der Waals surface area (Å²) in [5.74, 6) is 0.141. The summed E-state index contributed by atoms with van der Waals surface area (Å²) in [4.78, 5) is 11.8. The maximum absolute atomic E-state index is 11.8. The van der Waals surface area contributed by atoms with Crippen LogP contribution in [0.1, 0.15) is 38.3 Å². The smallest absolute Gasteiger partial charge is 0.335 e. The minimum atomic E-state index is -0.581. The number of carbonyl (C=O) groups is 1. The highest BCUT2D eigenvalue weighted by molar-refractivity contribution is 5.74. The summed E-state index contributed by atoms with van der Waals surface area (Å²) in [6.45, 7) is 6.53. The van der Waals surface area contributed by atoms with Crippen molar-refractivity contribution in [1.82, 2.24) is 0 Å². The Bertz CT molecular complexity index is 477. The predicted octanol–water partition coefficient (Wildman–Crippen LogP) is 3.05. The number of nitrogens with zero attached hydrogens (tertiary/aromatic N) is 1. The number of ether oxygens (including phenoxy) is 2. The van der Waals surface area contributed by atoms with Gasteiger partial charge in [0, 0.05) is 12.2 Å². The second-order valence-corrected chi connectivity index (χ2v) is 5.07. The molecular weight excluding hydrogens is 254 g/mol. The Morgan fingerprint density at radius 2 is 2.00 bits per heavy atom. The van der Waals surface area contributed by atoms with Crippen LogP contribution in [0.5, 0.6) is 0 Å². The van der Waals surface area contributed by atoms with Crippen LogP contribution in [0.4, 0.5) is 0 Å². The molecule has 0 radical (unpaired) electrons. The van der Waals surface area contributed by atoms with Crippen LogP contribution in [0.15, 0.2) is 24.3 Å². The fraction of sp³-hybridized carbons (Fsp3) is 0.500. The first-order valence-electron chi connectivity index (χ1n) is 6.80.